The summed E-state index contributed by atoms with van der Waals surface area (Å²) in [5.74, 6) is -1.41. The van der Waals surface area contributed by atoms with Gasteiger partial charge in [0.15, 0.2) is 5.78 Å². The fourth-order valence-corrected chi connectivity index (χ4v) is 4.83. The van der Waals surface area contributed by atoms with E-state index in [-0.39, 0.29) is 36.5 Å². The Balaban J connectivity index is 4.49. The lowest BCUT2D eigenvalue weighted by molar-refractivity contribution is -0.160. The molecule has 0 aliphatic heterocycles. The lowest BCUT2D eigenvalue weighted by Gasteiger charge is -2.27. The van der Waals surface area contributed by atoms with Gasteiger partial charge in [-0.3, -0.25) is 19.2 Å². The SMILES string of the molecule is CC(C)(CCCCC(=O)NCC(=O)N[C@@H](CCCNC(N)=O)C(=O)C(C)(C)C)OC(=O)C(CBr)CBr. The fraction of sp³-hybridized carbons (Fsp3) is 0.792. The van der Waals surface area contributed by atoms with Crippen LogP contribution in [0.5, 0.6) is 0 Å². The standard InChI is InChI=1S/C24H42Br2N4O6/c1-23(2,3)20(33)17(9-8-12-28-22(27)35)30-19(32)15-29-18(31)10-6-7-11-24(4,5)36-21(34)16(13-25)14-26/h16-17H,6-15H2,1-5H3,(H,29,31)(H,30,32)(H3,27,28,35)/t17-/m0/s1. The minimum atomic E-state index is -0.734. The Morgan fingerprint density at radius 2 is 1.50 bits per heavy atom. The Morgan fingerprint density at radius 1 is 0.889 bits per heavy atom. The third-order valence-electron chi connectivity index (χ3n) is 5.32. The summed E-state index contributed by atoms with van der Waals surface area (Å²) < 4.78 is 5.59. The highest BCUT2D eigenvalue weighted by Crippen LogP contribution is 2.22. The number of urea groups is 1. The number of hydrogen-bond donors (Lipinski definition) is 4. The number of halogens is 2. The maximum Gasteiger partial charge on any atom is 0.312 e. The number of esters is 1. The first-order chi connectivity index (χ1) is 16.6. The molecule has 12 heteroatoms. The smallest absolute Gasteiger partial charge is 0.312 e. The number of rotatable bonds is 17. The summed E-state index contributed by atoms with van der Waals surface area (Å²) in [5.41, 5.74) is 3.74. The van der Waals surface area contributed by atoms with Crippen molar-refractivity contribution in [1.29, 1.82) is 0 Å². The van der Waals surface area contributed by atoms with Crippen molar-refractivity contribution >= 4 is 61.5 Å². The molecule has 0 unspecified atom stereocenters. The summed E-state index contributed by atoms with van der Waals surface area (Å²) in [6.45, 7) is 9.03. The molecule has 5 N–H and O–H groups in total. The van der Waals surface area contributed by atoms with E-state index in [0.29, 0.717) is 49.3 Å². The number of carbonyl (C=O) groups excluding carboxylic acids is 5. The highest BCUT2D eigenvalue weighted by Gasteiger charge is 2.30. The second-order valence-corrected chi connectivity index (χ2v) is 11.6. The Bertz CT molecular complexity index is 751. The maximum atomic E-state index is 12.7. The Hall–Kier alpha value is -1.69. The van der Waals surface area contributed by atoms with E-state index in [1.165, 1.54) is 0 Å². The highest BCUT2D eigenvalue weighted by molar-refractivity contribution is 9.09. The average Bonchev–Trinajstić information content (AvgIpc) is 2.76. The molecule has 36 heavy (non-hydrogen) atoms. The lowest BCUT2D eigenvalue weighted by Crippen LogP contribution is -2.49. The fourth-order valence-electron chi connectivity index (χ4n) is 3.23. The first-order valence-electron chi connectivity index (χ1n) is 12.1. The monoisotopic (exact) mass is 640 g/mol. The van der Waals surface area contributed by atoms with Crippen LogP contribution in [-0.4, -0.2) is 65.0 Å². The molecule has 0 heterocycles. The number of ether oxygens (including phenoxy) is 1. The van der Waals surface area contributed by atoms with Crippen molar-refractivity contribution in [2.45, 2.75) is 84.8 Å². The van der Waals surface area contributed by atoms with Gasteiger partial charge in [-0.15, -0.1) is 0 Å². The van der Waals surface area contributed by atoms with Crippen LogP contribution in [0, 0.1) is 11.3 Å². The molecule has 4 amide bonds. The topological polar surface area (TPSA) is 157 Å². The molecule has 208 valence electrons. The largest absolute Gasteiger partial charge is 0.459 e. The van der Waals surface area contributed by atoms with E-state index in [4.69, 9.17) is 10.5 Å². The molecule has 0 aromatic heterocycles. The van der Waals surface area contributed by atoms with Crippen LogP contribution in [0.1, 0.15) is 73.1 Å². The van der Waals surface area contributed by atoms with Crippen LogP contribution in [0.15, 0.2) is 0 Å². The average molecular weight is 642 g/mol. The number of ketones is 1. The Labute approximate surface area is 231 Å². The van der Waals surface area contributed by atoms with Crippen molar-refractivity contribution in [2.75, 3.05) is 23.7 Å². The quantitative estimate of drug-likeness (QED) is 0.109. The molecule has 0 radical (unpaired) electrons. The summed E-state index contributed by atoms with van der Waals surface area (Å²) in [5, 5.41) is 8.74. The van der Waals surface area contributed by atoms with Gasteiger partial charge in [-0.05, 0) is 46.0 Å². The van der Waals surface area contributed by atoms with Gasteiger partial charge in [0.05, 0.1) is 18.5 Å². The number of unbranched alkanes of at least 4 members (excludes halogenated alkanes) is 1. The summed E-state index contributed by atoms with van der Waals surface area (Å²) in [6.07, 6.45) is 2.88. The van der Waals surface area contributed by atoms with Gasteiger partial charge in [-0.2, -0.15) is 0 Å². The highest BCUT2D eigenvalue weighted by atomic mass is 79.9. The molecule has 0 fully saturated rings. The molecule has 0 aliphatic carbocycles. The van der Waals surface area contributed by atoms with Crippen LogP contribution < -0.4 is 21.7 Å². The zero-order chi connectivity index (χ0) is 27.9. The van der Waals surface area contributed by atoms with E-state index in [2.05, 4.69) is 47.8 Å². The predicted molar refractivity (Wildman–Crippen MR) is 146 cm³/mol. The molecule has 0 spiro atoms. The molecule has 10 nitrogen and oxygen atoms in total. The van der Waals surface area contributed by atoms with Crippen LogP contribution in [0.25, 0.3) is 0 Å². The second kappa shape index (κ2) is 16.9. The van der Waals surface area contributed by atoms with Crippen molar-refractivity contribution in [1.82, 2.24) is 16.0 Å². The van der Waals surface area contributed by atoms with Gasteiger partial charge in [0.1, 0.15) is 5.60 Å². The molecule has 0 bridgehead atoms. The van der Waals surface area contributed by atoms with E-state index < -0.39 is 29.0 Å². The van der Waals surface area contributed by atoms with Crippen LogP contribution in [-0.2, 0) is 23.9 Å². The van der Waals surface area contributed by atoms with Gasteiger partial charge >= 0.3 is 12.0 Å². The van der Waals surface area contributed by atoms with Gasteiger partial charge in [-0.1, -0.05) is 52.6 Å². The molecular formula is C24H42Br2N4O6. The molecule has 0 saturated carbocycles. The number of nitrogens with one attached hydrogen (secondary N) is 3. The van der Waals surface area contributed by atoms with Gasteiger partial charge < -0.3 is 26.4 Å². The summed E-state index contributed by atoms with van der Waals surface area (Å²) in [4.78, 5) is 60.2. The number of alkyl halides is 2. The number of carbonyl (C=O) groups is 5. The number of amides is 4. The third kappa shape index (κ3) is 15.4. The van der Waals surface area contributed by atoms with Gasteiger partial charge in [-0.25, -0.2) is 4.79 Å². The number of hydrogen-bond acceptors (Lipinski definition) is 6. The number of primary amides is 1. The summed E-state index contributed by atoms with van der Waals surface area (Å²) in [6, 6.07) is -1.38. The molecule has 1 atom stereocenters. The van der Waals surface area contributed by atoms with Gasteiger partial charge in [0, 0.05) is 29.0 Å². The molecule has 0 rings (SSSR count). The molecule has 0 saturated heterocycles. The second-order valence-electron chi connectivity index (χ2n) is 10.3. The zero-order valence-corrected chi connectivity index (χ0v) is 25.2. The zero-order valence-electron chi connectivity index (χ0n) is 22.0. The van der Waals surface area contributed by atoms with E-state index >= 15 is 0 Å². The van der Waals surface area contributed by atoms with Crippen LogP contribution in [0.2, 0.25) is 0 Å². The third-order valence-corrected chi connectivity index (χ3v) is 6.88. The molecule has 0 aromatic rings. The van der Waals surface area contributed by atoms with Crippen molar-refractivity contribution in [2.24, 2.45) is 17.1 Å². The predicted octanol–water partition coefficient (Wildman–Crippen LogP) is 2.94. The molecule has 0 aliphatic rings. The number of Topliss-reactive ketones (excluding diaryl/α,β-unsaturated/α-hetero) is 1. The van der Waals surface area contributed by atoms with E-state index in [1.807, 2.05) is 13.8 Å². The van der Waals surface area contributed by atoms with Crippen LogP contribution in [0.3, 0.4) is 0 Å². The maximum absolute atomic E-state index is 12.7. The van der Waals surface area contributed by atoms with Crippen molar-refractivity contribution in [3.63, 3.8) is 0 Å². The molecule has 0 aromatic carbocycles. The first kappa shape index (κ1) is 34.3. The minimum Gasteiger partial charge on any atom is -0.459 e. The van der Waals surface area contributed by atoms with Crippen LogP contribution in [0.4, 0.5) is 4.79 Å². The molecular weight excluding hydrogens is 600 g/mol. The number of nitrogens with two attached hydrogens (primary N) is 1. The van der Waals surface area contributed by atoms with Crippen LogP contribution >= 0.6 is 31.9 Å². The minimum absolute atomic E-state index is 0.136. The van der Waals surface area contributed by atoms with E-state index in [1.54, 1.807) is 20.8 Å². The summed E-state index contributed by atoms with van der Waals surface area (Å²) >= 11 is 6.60. The van der Waals surface area contributed by atoms with Crippen molar-refractivity contribution in [3.8, 4) is 0 Å². The summed E-state index contributed by atoms with van der Waals surface area (Å²) in [7, 11) is 0. The van der Waals surface area contributed by atoms with Crippen molar-refractivity contribution < 1.29 is 28.7 Å². The first-order valence-corrected chi connectivity index (χ1v) is 14.4. The Kier molecular flexibility index (Phi) is 16.1. The van der Waals surface area contributed by atoms with E-state index in [0.717, 1.165) is 0 Å². The normalized spacial score (nSPS) is 12.6. The van der Waals surface area contributed by atoms with Crippen molar-refractivity contribution in [3.05, 3.63) is 0 Å². The van der Waals surface area contributed by atoms with Gasteiger partial charge in [0.2, 0.25) is 11.8 Å². The van der Waals surface area contributed by atoms with Gasteiger partial charge in [0.25, 0.3) is 0 Å². The lowest BCUT2D eigenvalue weighted by atomic mass is 9.85. The van der Waals surface area contributed by atoms with E-state index in [9.17, 15) is 24.0 Å². The Morgan fingerprint density at radius 3 is 2.03 bits per heavy atom.